The van der Waals surface area contributed by atoms with E-state index in [0.717, 1.165) is 12.0 Å². The molecule has 2 aliphatic rings. The molecule has 52 valence electrons. The van der Waals surface area contributed by atoms with Gasteiger partial charge in [0.1, 0.15) is 0 Å². The molecule has 9 heavy (non-hydrogen) atoms. The normalized spacial score (nSPS) is 42.7. The highest BCUT2D eigenvalue weighted by Gasteiger charge is 2.24. The third-order valence-electron chi connectivity index (χ3n) is 2.77. The minimum atomic E-state index is 0.900. The van der Waals surface area contributed by atoms with Gasteiger partial charge >= 0.3 is 0 Å². The van der Waals surface area contributed by atoms with Crippen LogP contribution in [0.15, 0.2) is 0 Å². The molecule has 1 aliphatic heterocycles. The van der Waals surface area contributed by atoms with Gasteiger partial charge in [-0.05, 0) is 31.7 Å². The highest BCUT2D eigenvalue weighted by atomic mass is 14.9. The molecule has 1 nitrogen and oxygen atoms in total. The van der Waals surface area contributed by atoms with Gasteiger partial charge in [-0.2, -0.15) is 0 Å². The van der Waals surface area contributed by atoms with Crippen molar-refractivity contribution in [2.24, 2.45) is 5.92 Å². The van der Waals surface area contributed by atoms with Gasteiger partial charge in [0.15, 0.2) is 0 Å². The van der Waals surface area contributed by atoms with Gasteiger partial charge in [0, 0.05) is 6.04 Å². The zero-order chi connectivity index (χ0) is 6.10. The second kappa shape index (κ2) is 2.30. The van der Waals surface area contributed by atoms with Gasteiger partial charge in [-0.3, -0.25) is 0 Å². The first kappa shape index (κ1) is 5.72. The Hall–Kier alpha value is -0.0400. The molecule has 0 radical (unpaired) electrons. The summed E-state index contributed by atoms with van der Waals surface area (Å²) in [6.45, 7) is 1.29. The Morgan fingerprint density at radius 3 is 2.89 bits per heavy atom. The minimum Gasteiger partial charge on any atom is -0.314 e. The maximum absolute atomic E-state index is 3.55. The molecule has 0 spiro atoms. The van der Waals surface area contributed by atoms with Crippen molar-refractivity contribution < 1.29 is 0 Å². The van der Waals surface area contributed by atoms with Crippen molar-refractivity contribution in [1.29, 1.82) is 0 Å². The molecule has 2 bridgehead atoms. The van der Waals surface area contributed by atoms with Gasteiger partial charge in [0.05, 0.1) is 0 Å². The van der Waals surface area contributed by atoms with Crippen molar-refractivity contribution in [2.75, 3.05) is 6.54 Å². The van der Waals surface area contributed by atoms with E-state index in [-0.39, 0.29) is 0 Å². The fraction of sp³-hybridized carbons (Fsp3) is 1.00. The number of fused-ring (bicyclic) bond motifs is 2. The average molecular weight is 125 g/mol. The van der Waals surface area contributed by atoms with E-state index >= 15 is 0 Å². The van der Waals surface area contributed by atoms with Crippen LogP contribution in [0.4, 0.5) is 0 Å². The van der Waals surface area contributed by atoms with E-state index in [4.69, 9.17) is 0 Å². The van der Waals surface area contributed by atoms with E-state index in [0.29, 0.717) is 0 Å². The van der Waals surface area contributed by atoms with Crippen LogP contribution in [-0.2, 0) is 0 Å². The van der Waals surface area contributed by atoms with E-state index in [1.54, 1.807) is 0 Å². The molecule has 1 saturated carbocycles. The lowest BCUT2D eigenvalue weighted by Gasteiger charge is -2.34. The number of nitrogens with one attached hydrogen (secondary N) is 1. The molecule has 1 heterocycles. The minimum absolute atomic E-state index is 0.900. The maximum Gasteiger partial charge on any atom is 0.00697 e. The quantitative estimate of drug-likeness (QED) is 0.518. The average Bonchev–Trinajstić information content (AvgIpc) is 1.88. The van der Waals surface area contributed by atoms with Crippen LogP contribution in [0.1, 0.15) is 32.1 Å². The lowest BCUT2D eigenvalue weighted by molar-refractivity contribution is 0.225. The molecule has 1 aliphatic carbocycles. The van der Waals surface area contributed by atoms with Crippen LogP contribution in [0.2, 0.25) is 0 Å². The first-order valence-electron chi connectivity index (χ1n) is 4.18. The summed E-state index contributed by atoms with van der Waals surface area (Å²) < 4.78 is 0. The summed E-state index contributed by atoms with van der Waals surface area (Å²) in [5.41, 5.74) is 0. The van der Waals surface area contributed by atoms with E-state index in [1.807, 2.05) is 0 Å². The van der Waals surface area contributed by atoms with E-state index < -0.39 is 0 Å². The van der Waals surface area contributed by atoms with Gasteiger partial charge in [-0.1, -0.05) is 12.8 Å². The van der Waals surface area contributed by atoms with Crippen LogP contribution in [0, 0.1) is 5.92 Å². The van der Waals surface area contributed by atoms with Gasteiger partial charge in [-0.15, -0.1) is 0 Å². The summed E-state index contributed by atoms with van der Waals surface area (Å²) in [6, 6.07) is 0.900. The fourth-order valence-corrected chi connectivity index (χ4v) is 2.23. The summed E-state index contributed by atoms with van der Waals surface area (Å²) in [5, 5.41) is 3.55. The number of hydrogen-bond donors (Lipinski definition) is 1. The summed E-state index contributed by atoms with van der Waals surface area (Å²) >= 11 is 0. The fourth-order valence-electron chi connectivity index (χ4n) is 2.23. The Balaban J connectivity index is 1.96. The monoisotopic (exact) mass is 125 g/mol. The molecule has 1 N–H and O–H groups in total. The molecule has 2 atom stereocenters. The van der Waals surface area contributed by atoms with Gasteiger partial charge in [-0.25, -0.2) is 0 Å². The van der Waals surface area contributed by atoms with Crippen molar-refractivity contribution in [3.63, 3.8) is 0 Å². The van der Waals surface area contributed by atoms with Crippen molar-refractivity contribution in [3.8, 4) is 0 Å². The van der Waals surface area contributed by atoms with Crippen LogP contribution < -0.4 is 5.32 Å². The summed E-state index contributed by atoms with van der Waals surface area (Å²) in [5.74, 6) is 1.09. The second-order valence-electron chi connectivity index (χ2n) is 3.47. The highest BCUT2D eigenvalue weighted by Crippen LogP contribution is 2.29. The van der Waals surface area contributed by atoms with Crippen LogP contribution in [0.5, 0.6) is 0 Å². The van der Waals surface area contributed by atoms with Gasteiger partial charge in [0.25, 0.3) is 0 Å². The third kappa shape index (κ3) is 1.11. The Bertz CT molecular complexity index is 80.7. The van der Waals surface area contributed by atoms with Crippen LogP contribution >= 0.6 is 0 Å². The highest BCUT2D eigenvalue weighted by molar-refractivity contribution is 4.82. The molecular formula is C8H15N. The molecule has 0 unspecified atom stereocenters. The molecule has 0 aromatic heterocycles. The van der Waals surface area contributed by atoms with Crippen molar-refractivity contribution in [3.05, 3.63) is 0 Å². The van der Waals surface area contributed by atoms with Crippen molar-refractivity contribution in [2.45, 2.75) is 38.1 Å². The Labute approximate surface area is 56.8 Å². The number of piperidine rings is 1. The van der Waals surface area contributed by atoms with E-state index in [9.17, 15) is 0 Å². The largest absolute Gasteiger partial charge is 0.314 e. The number of rotatable bonds is 0. The molecule has 0 aromatic carbocycles. The molecule has 2 rings (SSSR count). The molecule has 0 amide bonds. The second-order valence-corrected chi connectivity index (χ2v) is 3.47. The van der Waals surface area contributed by atoms with Crippen LogP contribution in [0.3, 0.4) is 0 Å². The Morgan fingerprint density at radius 1 is 1.11 bits per heavy atom. The summed E-state index contributed by atoms with van der Waals surface area (Å²) in [7, 11) is 0. The van der Waals surface area contributed by atoms with Crippen LogP contribution in [0.25, 0.3) is 0 Å². The third-order valence-corrected chi connectivity index (χ3v) is 2.77. The Kier molecular flexibility index (Phi) is 1.46. The predicted octanol–water partition coefficient (Wildman–Crippen LogP) is 1.54. The molecular weight excluding hydrogens is 110 g/mol. The predicted molar refractivity (Wildman–Crippen MR) is 38.4 cm³/mol. The van der Waals surface area contributed by atoms with Crippen molar-refractivity contribution in [1.82, 2.24) is 5.32 Å². The topological polar surface area (TPSA) is 12.0 Å². The first-order chi connectivity index (χ1) is 4.45. The van der Waals surface area contributed by atoms with E-state index in [2.05, 4.69) is 5.32 Å². The van der Waals surface area contributed by atoms with Gasteiger partial charge in [0.2, 0.25) is 0 Å². The molecule has 0 aromatic rings. The van der Waals surface area contributed by atoms with E-state index in [1.165, 1.54) is 38.6 Å². The van der Waals surface area contributed by atoms with Crippen LogP contribution in [-0.4, -0.2) is 12.6 Å². The summed E-state index contributed by atoms with van der Waals surface area (Å²) in [4.78, 5) is 0. The Morgan fingerprint density at radius 2 is 2.11 bits per heavy atom. The van der Waals surface area contributed by atoms with Gasteiger partial charge < -0.3 is 5.32 Å². The smallest absolute Gasteiger partial charge is 0.00697 e. The lowest BCUT2D eigenvalue weighted by Crippen LogP contribution is -2.40. The zero-order valence-corrected chi connectivity index (χ0v) is 5.90. The number of hydrogen-bond acceptors (Lipinski definition) is 1. The first-order valence-corrected chi connectivity index (χ1v) is 4.18. The zero-order valence-electron chi connectivity index (χ0n) is 5.90. The standard InChI is InChI=1S/C8H15N/c1-2-7-4-5-9-8(3-1)6-7/h7-9H,1-6H2/t7-,8+/m0/s1. The molecule has 1 heteroatoms. The lowest BCUT2D eigenvalue weighted by atomic mass is 9.81. The van der Waals surface area contributed by atoms with Crippen molar-refractivity contribution >= 4 is 0 Å². The molecule has 1 saturated heterocycles. The maximum atomic E-state index is 3.55. The SMILES string of the molecule is C1C[C@H]2CCN[C@H](C1)C2. The summed E-state index contributed by atoms with van der Waals surface area (Å²) in [6.07, 6.45) is 7.34. The molecule has 2 fully saturated rings.